The van der Waals surface area contributed by atoms with E-state index in [9.17, 15) is 0 Å². The first-order chi connectivity index (χ1) is 23.8. The summed E-state index contributed by atoms with van der Waals surface area (Å²) in [6.45, 7) is 0. The molecule has 224 valence electrons. The fourth-order valence-corrected chi connectivity index (χ4v) is 8.70. The lowest BCUT2D eigenvalue weighted by Gasteiger charge is -2.28. The van der Waals surface area contributed by atoms with Crippen LogP contribution in [-0.2, 0) is 0 Å². The predicted molar refractivity (Wildman–Crippen MR) is 209 cm³/mol. The summed E-state index contributed by atoms with van der Waals surface area (Å²) in [7, 11) is 0. The third kappa shape index (κ3) is 4.24. The zero-order valence-corrected chi connectivity index (χ0v) is 26.9. The van der Waals surface area contributed by atoms with Gasteiger partial charge in [0.2, 0.25) is 0 Å². The van der Waals surface area contributed by atoms with Crippen LogP contribution in [-0.4, -0.2) is 0 Å². The summed E-state index contributed by atoms with van der Waals surface area (Å²) in [4.78, 5) is 2.46. The van der Waals surface area contributed by atoms with Crippen molar-refractivity contribution in [3.05, 3.63) is 176 Å². The Bertz CT molecular complexity index is 2830. The van der Waals surface area contributed by atoms with Crippen LogP contribution in [0.3, 0.4) is 0 Å². The van der Waals surface area contributed by atoms with Gasteiger partial charge in [-0.3, -0.25) is 0 Å². The van der Waals surface area contributed by atoms with Gasteiger partial charge in [-0.05, 0) is 91.3 Å². The SMILES string of the molecule is c1ccc(-c2ccc(N(c3ccc4c(ccc5sc6ccccc6c54)c3)c3cc4ccccc4c4ccc5ccccc5c34)cc2)cc1. The molecule has 1 heterocycles. The second kappa shape index (κ2) is 10.8. The molecule has 0 saturated heterocycles. The van der Waals surface area contributed by atoms with E-state index < -0.39 is 0 Å². The maximum absolute atomic E-state index is 2.46. The van der Waals surface area contributed by atoms with Gasteiger partial charge < -0.3 is 4.90 Å². The fourth-order valence-electron chi connectivity index (χ4n) is 7.58. The molecule has 0 aliphatic rings. The first-order valence-electron chi connectivity index (χ1n) is 16.4. The number of fused-ring (bicyclic) bond motifs is 10. The molecule has 1 aromatic heterocycles. The number of benzene rings is 9. The first-order valence-corrected chi connectivity index (χ1v) is 17.2. The number of anilines is 3. The first kappa shape index (κ1) is 27.2. The summed E-state index contributed by atoms with van der Waals surface area (Å²) in [5.41, 5.74) is 5.86. The van der Waals surface area contributed by atoms with Gasteiger partial charge in [-0.15, -0.1) is 11.3 Å². The topological polar surface area (TPSA) is 3.24 Å². The summed E-state index contributed by atoms with van der Waals surface area (Å²) < 4.78 is 2.66. The van der Waals surface area contributed by atoms with Crippen molar-refractivity contribution in [3.63, 3.8) is 0 Å². The van der Waals surface area contributed by atoms with Crippen LogP contribution < -0.4 is 4.90 Å². The highest BCUT2D eigenvalue weighted by molar-refractivity contribution is 7.26. The molecule has 0 saturated carbocycles. The van der Waals surface area contributed by atoms with E-state index in [1.54, 1.807) is 0 Å². The van der Waals surface area contributed by atoms with Crippen molar-refractivity contribution in [1.29, 1.82) is 0 Å². The van der Waals surface area contributed by atoms with Crippen LogP contribution in [0, 0.1) is 0 Å². The zero-order chi connectivity index (χ0) is 31.6. The Balaban J connectivity index is 1.27. The Kier molecular flexibility index (Phi) is 6.12. The lowest BCUT2D eigenvalue weighted by atomic mass is 9.94. The van der Waals surface area contributed by atoms with Gasteiger partial charge in [-0.25, -0.2) is 0 Å². The van der Waals surface area contributed by atoms with E-state index >= 15 is 0 Å². The second-order valence-electron chi connectivity index (χ2n) is 12.5. The molecule has 10 aromatic rings. The molecule has 0 aliphatic heterocycles. The molecule has 0 aliphatic carbocycles. The van der Waals surface area contributed by atoms with Gasteiger partial charge >= 0.3 is 0 Å². The second-order valence-corrected chi connectivity index (χ2v) is 13.6. The molecule has 9 aromatic carbocycles. The van der Waals surface area contributed by atoms with Crippen LogP contribution >= 0.6 is 11.3 Å². The van der Waals surface area contributed by atoms with E-state index in [1.165, 1.54) is 80.1 Å². The van der Waals surface area contributed by atoms with Crippen molar-refractivity contribution in [2.45, 2.75) is 0 Å². The van der Waals surface area contributed by atoms with E-state index in [0.29, 0.717) is 0 Å². The third-order valence-electron chi connectivity index (χ3n) is 9.80. The molecule has 2 heteroatoms. The molecular formula is C46H29NS. The van der Waals surface area contributed by atoms with Crippen molar-refractivity contribution in [2.75, 3.05) is 4.90 Å². The monoisotopic (exact) mass is 627 g/mol. The standard InChI is InChI=1S/C46H29NS/c1-2-10-30(11-3-1)31-18-22-35(23-19-31)47(36-24-26-39-34(28-36)21-27-44-46(39)41-16-8-9-17-43(41)48-44)42-29-33-13-5-6-14-37(33)40-25-20-32-12-4-7-15-38(32)45(40)42/h1-29H. The molecule has 0 radical (unpaired) electrons. The molecule has 0 atom stereocenters. The number of hydrogen-bond donors (Lipinski definition) is 0. The van der Waals surface area contributed by atoms with E-state index in [2.05, 4.69) is 181 Å². The Morgan fingerprint density at radius 2 is 0.938 bits per heavy atom. The van der Waals surface area contributed by atoms with E-state index in [4.69, 9.17) is 0 Å². The lowest BCUT2D eigenvalue weighted by Crippen LogP contribution is -2.11. The van der Waals surface area contributed by atoms with Gasteiger partial charge in [0.1, 0.15) is 0 Å². The van der Waals surface area contributed by atoms with Gasteiger partial charge in [-0.1, -0.05) is 133 Å². The normalized spacial score (nSPS) is 11.8. The van der Waals surface area contributed by atoms with Crippen molar-refractivity contribution < 1.29 is 0 Å². The summed E-state index contributed by atoms with van der Waals surface area (Å²) >= 11 is 1.87. The van der Waals surface area contributed by atoms with Gasteiger partial charge in [0.25, 0.3) is 0 Å². The quantitative estimate of drug-likeness (QED) is 0.176. The van der Waals surface area contributed by atoms with Crippen molar-refractivity contribution in [3.8, 4) is 11.1 Å². The number of nitrogens with zero attached hydrogens (tertiary/aromatic N) is 1. The third-order valence-corrected chi connectivity index (χ3v) is 10.9. The van der Waals surface area contributed by atoms with Crippen LogP contribution in [0.15, 0.2) is 176 Å². The molecule has 0 bridgehead atoms. The Morgan fingerprint density at radius 1 is 0.333 bits per heavy atom. The number of thiophene rings is 1. The largest absolute Gasteiger partial charge is 0.310 e. The maximum Gasteiger partial charge on any atom is 0.0552 e. The minimum absolute atomic E-state index is 1.13. The molecule has 48 heavy (non-hydrogen) atoms. The summed E-state index contributed by atoms with van der Waals surface area (Å²) in [6.07, 6.45) is 0. The van der Waals surface area contributed by atoms with Gasteiger partial charge in [0, 0.05) is 36.9 Å². The molecule has 0 spiro atoms. The Hall–Kier alpha value is -5.96. The molecular weight excluding hydrogens is 599 g/mol. The molecule has 1 nitrogen and oxygen atoms in total. The highest BCUT2D eigenvalue weighted by atomic mass is 32.1. The van der Waals surface area contributed by atoms with Crippen molar-refractivity contribution in [1.82, 2.24) is 0 Å². The van der Waals surface area contributed by atoms with E-state index in [-0.39, 0.29) is 0 Å². The van der Waals surface area contributed by atoms with Crippen LogP contribution in [0.1, 0.15) is 0 Å². The van der Waals surface area contributed by atoms with Crippen LogP contribution in [0.4, 0.5) is 17.1 Å². The van der Waals surface area contributed by atoms with E-state index in [0.717, 1.165) is 11.4 Å². The van der Waals surface area contributed by atoms with Crippen LogP contribution in [0.25, 0.3) is 74.4 Å². The average molecular weight is 628 g/mol. The molecule has 10 rings (SSSR count). The van der Waals surface area contributed by atoms with Crippen LogP contribution in [0.2, 0.25) is 0 Å². The van der Waals surface area contributed by atoms with Gasteiger partial charge in [-0.2, -0.15) is 0 Å². The Labute approximate surface area is 282 Å². The molecule has 0 N–H and O–H groups in total. The van der Waals surface area contributed by atoms with Crippen LogP contribution in [0.5, 0.6) is 0 Å². The minimum Gasteiger partial charge on any atom is -0.310 e. The number of rotatable bonds is 4. The summed E-state index contributed by atoms with van der Waals surface area (Å²) in [6, 6.07) is 64.6. The highest BCUT2D eigenvalue weighted by Gasteiger charge is 2.20. The maximum atomic E-state index is 2.46. The lowest BCUT2D eigenvalue weighted by molar-refractivity contribution is 1.31. The summed E-state index contributed by atoms with van der Waals surface area (Å²) in [5, 5.41) is 12.7. The van der Waals surface area contributed by atoms with Crippen molar-refractivity contribution in [2.24, 2.45) is 0 Å². The van der Waals surface area contributed by atoms with E-state index in [1.807, 2.05) is 11.3 Å². The van der Waals surface area contributed by atoms with Gasteiger partial charge in [0.05, 0.1) is 5.69 Å². The molecule has 0 unspecified atom stereocenters. The predicted octanol–water partition coefficient (Wildman–Crippen LogP) is 13.8. The highest BCUT2D eigenvalue weighted by Crippen LogP contribution is 2.46. The zero-order valence-electron chi connectivity index (χ0n) is 26.1. The average Bonchev–Trinajstić information content (AvgIpc) is 3.54. The summed E-state index contributed by atoms with van der Waals surface area (Å²) in [5.74, 6) is 0. The van der Waals surface area contributed by atoms with Gasteiger partial charge in [0.15, 0.2) is 0 Å². The fraction of sp³-hybridized carbons (Fsp3) is 0. The smallest absolute Gasteiger partial charge is 0.0552 e. The molecule has 0 fully saturated rings. The number of hydrogen-bond acceptors (Lipinski definition) is 2. The van der Waals surface area contributed by atoms with Crippen molar-refractivity contribution >= 4 is 91.7 Å². The Morgan fingerprint density at radius 3 is 1.79 bits per heavy atom. The molecule has 0 amide bonds. The minimum atomic E-state index is 1.13.